The van der Waals surface area contributed by atoms with Crippen LogP contribution in [-0.4, -0.2) is 36.0 Å². The first-order valence-corrected chi connectivity index (χ1v) is 10.5. The topological polar surface area (TPSA) is 61.4 Å². The van der Waals surface area contributed by atoms with Crippen LogP contribution in [0.4, 0.5) is 10.5 Å². The Labute approximate surface area is 162 Å². The molecule has 2 unspecified atom stereocenters. The summed E-state index contributed by atoms with van der Waals surface area (Å²) in [7, 11) is 0. The van der Waals surface area contributed by atoms with Gasteiger partial charge in [0.2, 0.25) is 5.91 Å². The molecular formula is C22H33N3O2. The molecule has 5 heteroatoms. The molecule has 3 rings (SSSR count). The zero-order valence-electron chi connectivity index (χ0n) is 16.7. The van der Waals surface area contributed by atoms with E-state index in [-0.39, 0.29) is 23.9 Å². The van der Waals surface area contributed by atoms with Crippen LogP contribution in [0.1, 0.15) is 62.5 Å². The molecule has 0 radical (unpaired) electrons. The van der Waals surface area contributed by atoms with Gasteiger partial charge in [-0.1, -0.05) is 31.7 Å². The number of nitrogens with zero attached hydrogens (tertiary/aromatic N) is 1. The lowest BCUT2D eigenvalue weighted by molar-refractivity contribution is -0.127. The second-order valence-electron chi connectivity index (χ2n) is 8.09. The summed E-state index contributed by atoms with van der Waals surface area (Å²) in [5.74, 6) is 0.0490. The molecule has 2 aliphatic rings. The summed E-state index contributed by atoms with van der Waals surface area (Å²) in [5, 5.41) is 6.19. The van der Waals surface area contributed by atoms with E-state index in [9.17, 15) is 9.59 Å². The lowest BCUT2D eigenvalue weighted by atomic mass is 9.82. The van der Waals surface area contributed by atoms with E-state index in [1.807, 2.05) is 23.1 Å². The lowest BCUT2D eigenvalue weighted by Crippen LogP contribution is -2.52. The van der Waals surface area contributed by atoms with Crippen LogP contribution >= 0.6 is 0 Å². The predicted molar refractivity (Wildman–Crippen MR) is 109 cm³/mol. The van der Waals surface area contributed by atoms with Crippen LogP contribution in [0.2, 0.25) is 0 Å². The molecule has 1 aliphatic heterocycles. The van der Waals surface area contributed by atoms with Gasteiger partial charge in [-0.25, -0.2) is 4.79 Å². The number of aryl methyl sites for hydroxylation is 2. The van der Waals surface area contributed by atoms with Gasteiger partial charge in [-0.3, -0.25) is 4.79 Å². The maximum Gasteiger partial charge on any atom is 0.322 e. The molecule has 1 heterocycles. The molecule has 0 bridgehead atoms. The molecule has 1 aliphatic carbocycles. The van der Waals surface area contributed by atoms with Crippen molar-refractivity contribution in [3.63, 3.8) is 0 Å². The predicted octanol–water partition coefficient (Wildman–Crippen LogP) is 4.39. The molecule has 1 saturated carbocycles. The average Bonchev–Trinajstić information content (AvgIpc) is 2.69. The van der Waals surface area contributed by atoms with Crippen LogP contribution in [0, 0.1) is 19.8 Å². The summed E-state index contributed by atoms with van der Waals surface area (Å²) in [6, 6.07) is 5.95. The maximum atomic E-state index is 13.2. The SMILES string of the molecule is Cc1ccc(NC(=O)N2CCCCCCNC(=O)C3CCCCC32)cc1C. The third-order valence-corrected chi connectivity index (χ3v) is 6.11. The van der Waals surface area contributed by atoms with Gasteiger partial charge in [-0.15, -0.1) is 0 Å². The van der Waals surface area contributed by atoms with Crippen molar-refractivity contribution in [2.45, 2.75) is 71.3 Å². The first-order valence-electron chi connectivity index (χ1n) is 10.5. The zero-order valence-corrected chi connectivity index (χ0v) is 16.7. The number of hydrogen-bond donors (Lipinski definition) is 2. The van der Waals surface area contributed by atoms with Crippen molar-refractivity contribution in [2.24, 2.45) is 5.92 Å². The lowest BCUT2D eigenvalue weighted by Gasteiger charge is -2.39. The summed E-state index contributed by atoms with van der Waals surface area (Å²) in [5.41, 5.74) is 3.21. The number of anilines is 1. The van der Waals surface area contributed by atoms with E-state index in [0.717, 1.165) is 70.1 Å². The molecule has 1 aromatic rings. The summed E-state index contributed by atoms with van der Waals surface area (Å²) < 4.78 is 0. The molecule has 27 heavy (non-hydrogen) atoms. The Kier molecular flexibility index (Phi) is 6.75. The Balaban J connectivity index is 1.79. The van der Waals surface area contributed by atoms with E-state index in [0.29, 0.717) is 0 Å². The highest BCUT2D eigenvalue weighted by atomic mass is 16.2. The molecule has 3 amide bonds. The van der Waals surface area contributed by atoms with E-state index in [2.05, 4.69) is 24.5 Å². The van der Waals surface area contributed by atoms with Crippen molar-refractivity contribution >= 4 is 17.6 Å². The fourth-order valence-corrected chi connectivity index (χ4v) is 4.33. The number of benzene rings is 1. The molecule has 2 N–H and O–H groups in total. The van der Waals surface area contributed by atoms with Crippen LogP contribution in [-0.2, 0) is 4.79 Å². The molecular weight excluding hydrogens is 338 g/mol. The van der Waals surface area contributed by atoms with Gasteiger partial charge in [-0.05, 0) is 62.8 Å². The molecule has 1 saturated heterocycles. The number of urea groups is 1. The minimum absolute atomic E-state index is 0.00314. The number of rotatable bonds is 1. The van der Waals surface area contributed by atoms with Gasteiger partial charge in [0.05, 0.1) is 5.92 Å². The largest absolute Gasteiger partial charge is 0.356 e. The molecule has 148 valence electrons. The van der Waals surface area contributed by atoms with Crippen molar-refractivity contribution in [2.75, 3.05) is 18.4 Å². The number of fused-ring (bicyclic) bond motifs is 1. The van der Waals surface area contributed by atoms with Crippen LogP contribution in [0.5, 0.6) is 0 Å². The van der Waals surface area contributed by atoms with Crippen molar-refractivity contribution in [3.05, 3.63) is 29.3 Å². The first-order chi connectivity index (χ1) is 13.1. The third-order valence-electron chi connectivity index (χ3n) is 6.11. The van der Waals surface area contributed by atoms with E-state index in [1.54, 1.807) is 0 Å². The molecule has 2 fully saturated rings. The number of carbonyl (C=O) groups excluding carboxylic acids is 2. The van der Waals surface area contributed by atoms with Crippen molar-refractivity contribution in [3.8, 4) is 0 Å². The first kappa shape index (κ1) is 19.7. The van der Waals surface area contributed by atoms with Crippen LogP contribution in [0.15, 0.2) is 18.2 Å². The van der Waals surface area contributed by atoms with Crippen LogP contribution in [0.3, 0.4) is 0 Å². The highest BCUT2D eigenvalue weighted by Gasteiger charge is 2.37. The summed E-state index contributed by atoms with van der Waals surface area (Å²) in [6.45, 7) is 5.61. The average molecular weight is 372 g/mol. The smallest absolute Gasteiger partial charge is 0.322 e. The fraction of sp³-hybridized carbons (Fsp3) is 0.636. The quantitative estimate of drug-likeness (QED) is 0.769. The molecule has 1 aromatic carbocycles. The van der Waals surface area contributed by atoms with Gasteiger partial charge < -0.3 is 15.5 Å². The number of carbonyl (C=O) groups is 2. The molecule has 2 atom stereocenters. The Hall–Kier alpha value is -2.04. The van der Waals surface area contributed by atoms with E-state index >= 15 is 0 Å². The molecule has 0 spiro atoms. The monoisotopic (exact) mass is 371 g/mol. The van der Waals surface area contributed by atoms with Gasteiger partial charge in [0.1, 0.15) is 0 Å². The number of nitrogens with one attached hydrogen (secondary N) is 2. The van der Waals surface area contributed by atoms with Gasteiger partial charge in [0, 0.05) is 24.8 Å². The highest BCUT2D eigenvalue weighted by Crippen LogP contribution is 2.30. The Morgan fingerprint density at radius 3 is 2.63 bits per heavy atom. The standard InChI is InChI=1S/C22H33N3O2/c1-16-11-12-18(15-17(16)2)24-22(27)25-14-8-4-3-7-13-23-21(26)19-9-5-6-10-20(19)25/h11-12,15,19-20H,3-10,13-14H2,1-2H3,(H,23,26)(H,24,27). The Bertz CT molecular complexity index is 674. The maximum absolute atomic E-state index is 13.2. The number of amides is 3. The minimum Gasteiger partial charge on any atom is -0.356 e. The third kappa shape index (κ3) is 5.02. The molecule has 0 aromatic heterocycles. The van der Waals surface area contributed by atoms with E-state index in [1.165, 1.54) is 11.1 Å². The minimum atomic E-state index is -0.0812. The van der Waals surface area contributed by atoms with Gasteiger partial charge in [-0.2, -0.15) is 0 Å². The van der Waals surface area contributed by atoms with Crippen LogP contribution in [0.25, 0.3) is 0 Å². The Morgan fingerprint density at radius 2 is 1.81 bits per heavy atom. The second kappa shape index (κ2) is 9.25. The summed E-state index contributed by atoms with van der Waals surface area (Å²) >= 11 is 0. The van der Waals surface area contributed by atoms with Gasteiger partial charge in [0.25, 0.3) is 0 Å². The zero-order chi connectivity index (χ0) is 19.2. The van der Waals surface area contributed by atoms with Gasteiger partial charge in [0.15, 0.2) is 0 Å². The van der Waals surface area contributed by atoms with E-state index in [4.69, 9.17) is 0 Å². The van der Waals surface area contributed by atoms with Crippen molar-refractivity contribution in [1.29, 1.82) is 0 Å². The van der Waals surface area contributed by atoms with Crippen molar-refractivity contribution < 1.29 is 9.59 Å². The van der Waals surface area contributed by atoms with Crippen LogP contribution < -0.4 is 10.6 Å². The Morgan fingerprint density at radius 1 is 1.04 bits per heavy atom. The normalized spacial score (nSPS) is 24.4. The highest BCUT2D eigenvalue weighted by molar-refractivity contribution is 5.90. The second-order valence-corrected chi connectivity index (χ2v) is 8.09. The molecule has 5 nitrogen and oxygen atoms in total. The summed E-state index contributed by atoms with van der Waals surface area (Å²) in [6.07, 6.45) is 8.17. The number of hydrogen-bond acceptors (Lipinski definition) is 2. The van der Waals surface area contributed by atoms with Crippen molar-refractivity contribution in [1.82, 2.24) is 10.2 Å². The fourth-order valence-electron chi connectivity index (χ4n) is 4.33. The van der Waals surface area contributed by atoms with E-state index < -0.39 is 0 Å². The summed E-state index contributed by atoms with van der Waals surface area (Å²) in [4.78, 5) is 27.8. The van der Waals surface area contributed by atoms with Gasteiger partial charge >= 0.3 is 6.03 Å².